The Labute approximate surface area is 137 Å². The van der Waals surface area contributed by atoms with Crippen molar-refractivity contribution in [2.75, 3.05) is 19.7 Å². The van der Waals surface area contributed by atoms with Crippen LogP contribution in [0.1, 0.15) is 30.9 Å². The number of hydrogen-bond acceptors (Lipinski definition) is 4. The fraction of sp³-hybridized carbons (Fsp3) is 0.562. The molecule has 1 N–H and O–H groups in total. The third-order valence-electron chi connectivity index (χ3n) is 4.26. The highest BCUT2D eigenvalue weighted by atomic mass is 32.2. The maximum absolute atomic E-state index is 12.7. The lowest BCUT2D eigenvalue weighted by molar-refractivity contribution is -0.138. The Kier molecular flexibility index (Phi) is 5.78. The van der Waals surface area contributed by atoms with Crippen LogP contribution in [0.5, 0.6) is 0 Å². The van der Waals surface area contributed by atoms with E-state index in [0.29, 0.717) is 37.4 Å². The Hall–Kier alpha value is -1.44. The molecule has 1 aliphatic rings. The number of rotatable bonds is 5. The lowest BCUT2D eigenvalue weighted by atomic mass is 9.98. The van der Waals surface area contributed by atoms with Crippen LogP contribution in [-0.4, -0.2) is 38.3 Å². The average Bonchev–Trinajstić information content (AvgIpc) is 2.55. The van der Waals surface area contributed by atoms with E-state index in [9.17, 15) is 13.2 Å². The van der Waals surface area contributed by atoms with Gasteiger partial charge < -0.3 is 0 Å². The van der Waals surface area contributed by atoms with Crippen molar-refractivity contribution in [1.82, 2.24) is 9.79 Å². The molecule has 1 aliphatic heterocycles. The van der Waals surface area contributed by atoms with E-state index >= 15 is 0 Å². The van der Waals surface area contributed by atoms with Gasteiger partial charge in [-0.1, -0.05) is 6.07 Å². The molecular weight excluding hydrogens is 316 g/mol. The molecule has 1 heterocycles. The van der Waals surface area contributed by atoms with E-state index in [4.69, 9.17) is 4.84 Å². The standard InChI is InChI=1S/C16H24N2O4S/c1-4-22-17-16(19)14-7-9-18(10-8-14)23(20,21)15-6-5-12(2)13(3)11-15/h5-6,11,14H,4,7-10H2,1-3H3,(H,17,19). The van der Waals surface area contributed by atoms with Gasteiger partial charge >= 0.3 is 0 Å². The third-order valence-corrected chi connectivity index (χ3v) is 6.15. The molecule has 1 saturated heterocycles. The summed E-state index contributed by atoms with van der Waals surface area (Å²) >= 11 is 0. The fourth-order valence-electron chi connectivity index (χ4n) is 2.61. The van der Waals surface area contributed by atoms with Gasteiger partial charge in [0.1, 0.15) is 0 Å². The first-order chi connectivity index (χ1) is 10.9. The summed E-state index contributed by atoms with van der Waals surface area (Å²) in [6.07, 6.45) is 1.01. The second kappa shape index (κ2) is 7.42. The molecule has 0 saturated carbocycles. The van der Waals surface area contributed by atoms with Crippen molar-refractivity contribution in [2.24, 2.45) is 5.92 Å². The molecule has 7 heteroatoms. The van der Waals surface area contributed by atoms with Gasteiger partial charge in [0, 0.05) is 19.0 Å². The maximum atomic E-state index is 12.7. The molecule has 1 aromatic rings. The minimum absolute atomic E-state index is 0.171. The zero-order valence-electron chi connectivity index (χ0n) is 13.8. The van der Waals surface area contributed by atoms with Gasteiger partial charge in [-0.15, -0.1) is 0 Å². The van der Waals surface area contributed by atoms with Crippen LogP contribution in [-0.2, 0) is 19.7 Å². The van der Waals surface area contributed by atoms with Gasteiger partial charge in [0.25, 0.3) is 0 Å². The zero-order chi connectivity index (χ0) is 17.0. The molecule has 1 fully saturated rings. The first-order valence-corrected chi connectivity index (χ1v) is 9.29. The van der Waals surface area contributed by atoms with Crippen LogP contribution >= 0.6 is 0 Å². The SMILES string of the molecule is CCONC(=O)C1CCN(S(=O)(=O)c2ccc(C)c(C)c2)CC1. The third kappa shape index (κ3) is 4.10. The van der Waals surface area contributed by atoms with Gasteiger partial charge in [0.2, 0.25) is 15.9 Å². The molecule has 128 valence electrons. The minimum Gasteiger partial charge on any atom is -0.274 e. The van der Waals surface area contributed by atoms with Crippen molar-refractivity contribution in [3.05, 3.63) is 29.3 Å². The lowest BCUT2D eigenvalue weighted by Crippen LogP contribution is -2.43. The number of hydrogen-bond donors (Lipinski definition) is 1. The summed E-state index contributed by atoms with van der Waals surface area (Å²) in [5, 5.41) is 0. The van der Waals surface area contributed by atoms with Crippen LogP contribution in [0.25, 0.3) is 0 Å². The quantitative estimate of drug-likeness (QED) is 0.829. The Morgan fingerprint density at radius 1 is 1.26 bits per heavy atom. The highest BCUT2D eigenvalue weighted by molar-refractivity contribution is 7.89. The van der Waals surface area contributed by atoms with Gasteiger partial charge in [-0.3, -0.25) is 9.63 Å². The molecule has 23 heavy (non-hydrogen) atoms. The summed E-state index contributed by atoms with van der Waals surface area (Å²) < 4.78 is 26.9. The lowest BCUT2D eigenvalue weighted by Gasteiger charge is -2.30. The van der Waals surface area contributed by atoms with Crippen molar-refractivity contribution in [2.45, 2.75) is 38.5 Å². The molecule has 0 atom stereocenters. The van der Waals surface area contributed by atoms with Crippen LogP contribution < -0.4 is 5.48 Å². The molecule has 0 aliphatic carbocycles. The van der Waals surface area contributed by atoms with Crippen molar-refractivity contribution in [3.63, 3.8) is 0 Å². The largest absolute Gasteiger partial charge is 0.274 e. The first kappa shape index (κ1) is 17.9. The number of sulfonamides is 1. The average molecular weight is 340 g/mol. The molecule has 0 radical (unpaired) electrons. The van der Waals surface area contributed by atoms with Gasteiger partial charge in [0.05, 0.1) is 11.5 Å². The van der Waals surface area contributed by atoms with Gasteiger partial charge in [0.15, 0.2) is 0 Å². The number of hydroxylamine groups is 1. The minimum atomic E-state index is -3.50. The number of nitrogens with zero attached hydrogens (tertiary/aromatic N) is 1. The molecule has 1 aromatic carbocycles. The molecule has 0 spiro atoms. The Balaban J connectivity index is 2.03. The summed E-state index contributed by atoms with van der Waals surface area (Å²) in [6, 6.07) is 5.18. The van der Waals surface area contributed by atoms with E-state index in [2.05, 4.69) is 5.48 Å². The number of benzene rings is 1. The van der Waals surface area contributed by atoms with E-state index in [1.54, 1.807) is 19.1 Å². The number of carbonyl (C=O) groups is 1. The van der Waals surface area contributed by atoms with E-state index in [0.717, 1.165) is 11.1 Å². The Morgan fingerprint density at radius 2 is 1.91 bits per heavy atom. The van der Waals surface area contributed by atoms with Crippen molar-refractivity contribution < 1.29 is 18.0 Å². The number of amides is 1. The molecule has 0 bridgehead atoms. The Bertz CT molecular complexity index is 665. The summed E-state index contributed by atoms with van der Waals surface area (Å²) in [7, 11) is -3.50. The van der Waals surface area contributed by atoms with E-state index in [-0.39, 0.29) is 11.8 Å². The van der Waals surface area contributed by atoms with Crippen LogP contribution in [0.3, 0.4) is 0 Å². The Morgan fingerprint density at radius 3 is 2.48 bits per heavy atom. The van der Waals surface area contributed by atoms with Crippen molar-refractivity contribution in [3.8, 4) is 0 Å². The summed E-state index contributed by atoms with van der Waals surface area (Å²) in [5.74, 6) is -0.372. The van der Waals surface area contributed by atoms with Crippen LogP contribution in [0, 0.1) is 19.8 Å². The van der Waals surface area contributed by atoms with E-state index in [1.807, 2.05) is 19.9 Å². The zero-order valence-corrected chi connectivity index (χ0v) is 14.6. The second-order valence-electron chi connectivity index (χ2n) is 5.82. The summed E-state index contributed by atoms with van der Waals surface area (Å²) in [6.45, 7) is 6.75. The highest BCUT2D eigenvalue weighted by Gasteiger charge is 2.32. The maximum Gasteiger partial charge on any atom is 0.246 e. The molecule has 1 amide bonds. The van der Waals surface area contributed by atoms with E-state index < -0.39 is 10.0 Å². The van der Waals surface area contributed by atoms with Gasteiger partial charge in [-0.05, 0) is 56.9 Å². The van der Waals surface area contributed by atoms with Crippen LogP contribution in [0.2, 0.25) is 0 Å². The number of carbonyl (C=O) groups excluding carboxylic acids is 1. The van der Waals surface area contributed by atoms with Crippen molar-refractivity contribution in [1.29, 1.82) is 0 Å². The number of aryl methyl sites for hydroxylation is 2. The normalized spacial score (nSPS) is 17.2. The summed E-state index contributed by atoms with van der Waals surface area (Å²) in [5.41, 5.74) is 4.41. The predicted molar refractivity (Wildman–Crippen MR) is 87.2 cm³/mol. The van der Waals surface area contributed by atoms with E-state index in [1.165, 1.54) is 4.31 Å². The monoisotopic (exact) mass is 340 g/mol. The molecule has 2 rings (SSSR count). The topological polar surface area (TPSA) is 75.7 Å². The van der Waals surface area contributed by atoms with Crippen LogP contribution in [0.4, 0.5) is 0 Å². The van der Waals surface area contributed by atoms with Gasteiger partial charge in [-0.2, -0.15) is 4.31 Å². The second-order valence-corrected chi connectivity index (χ2v) is 7.76. The smallest absolute Gasteiger partial charge is 0.246 e. The first-order valence-electron chi connectivity index (χ1n) is 7.85. The highest BCUT2D eigenvalue weighted by Crippen LogP contribution is 2.25. The molecule has 0 aromatic heterocycles. The fourth-order valence-corrected chi connectivity index (χ4v) is 4.16. The molecule has 6 nitrogen and oxygen atoms in total. The number of piperidine rings is 1. The molecule has 0 unspecified atom stereocenters. The van der Waals surface area contributed by atoms with Crippen molar-refractivity contribution >= 4 is 15.9 Å². The van der Waals surface area contributed by atoms with Gasteiger partial charge in [-0.25, -0.2) is 13.9 Å². The van der Waals surface area contributed by atoms with Crippen LogP contribution in [0.15, 0.2) is 23.1 Å². The molecular formula is C16H24N2O4S. The summed E-state index contributed by atoms with van der Waals surface area (Å²) in [4.78, 5) is 17.1. The predicted octanol–water partition coefficient (Wildman–Crippen LogP) is 1.77. The number of nitrogens with one attached hydrogen (secondary N) is 1.